The van der Waals surface area contributed by atoms with E-state index in [9.17, 15) is 0 Å². The van der Waals surface area contributed by atoms with Gasteiger partial charge in [-0.1, -0.05) is 11.6 Å². The molecule has 0 unspecified atom stereocenters. The van der Waals surface area contributed by atoms with E-state index in [2.05, 4.69) is 30.8 Å². The molecule has 0 saturated heterocycles. The second kappa shape index (κ2) is 4.94. The van der Waals surface area contributed by atoms with Gasteiger partial charge in [0.2, 0.25) is 0 Å². The van der Waals surface area contributed by atoms with Crippen LogP contribution in [0.1, 0.15) is 24.6 Å². The van der Waals surface area contributed by atoms with Gasteiger partial charge in [0.25, 0.3) is 0 Å². The smallest absolute Gasteiger partial charge is 0.0951 e. The lowest BCUT2D eigenvalue weighted by atomic mass is 10.3. The summed E-state index contributed by atoms with van der Waals surface area (Å²) in [5, 5.41) is 4.09. The summed E-state index contributed by atoms with van der Waals surface area (Å²) in [6.45, 7) is 0.772. The first-order chi connectivity index (χ1) is 8.74. The Morgan fingerprint density at radius 2 is 2.28 bits per heavy atom. The summed E-state index contributed by atoms with van der Waals surface area (Å²) in [5.74, 6) is 0. The van der Waals surface area contributed by atoms with E-state index in [0.29, 0.717) is 6.04 Å². The number of hydrogen-bond acceptors (Lipinski definition) is 2. The topological polar surface area (TPSA) is 29.9 Å². The second-order valence-electron chi connectivity index (χ2n) is 4.51. The summed E-state index contributed by atoms with van der Waals surface area (Å²) >= 11 is 9.45. The van der Waals surface area contributed by atoms with Gasteiger partial charge >= 0.3 is 0 Å². The third-order valence-corrected chi connectivity index (χ3v) is 4.31. The predicted octanol–water partition coefficient (Wildman–Crippen LogP) is 4.25. The summed E-state index contributed by atoms with van der Waals surface area (Å²) in [7, 11) is 0. The van der Waals surface area contributed by atoms with E-state index >= 15 is 0 Å². The highest BCUT2D eigenvalue weighted by molar-refractivity contribution is 9.10. The Morgan fingerprint density at radius 1 is 1.44 bits per heavy atom. The van der Waals surface area contributed by atoms with E-state index < -0.39 is 0 Å². The van der Waals surface area contributed by atoms with E-state index in [0.717, 1.165) is 21.7 Å². The average Bonchev–Trinajstić information content (AvgIpc) is 3.10. The third-order valence-electron chi connectivity index (χ3n) is 3.08. The highest BCUT2D eigenvalue weighted by Crippen LogP contribution is 2.35. The molecule has 1 saturated carbocycles. The van der Waals surface area contributed by atoms with Gasteiger partial charge in [-0.25, -0.2) is 4.98 Å². The van der Waals surface area contributed by atoms with Gasteiger partial charge < -0.3 is 9.88 Å². The van der Waals surface area contributed by atoms with Crippen LogP contribution < -0.4 is 5.32 Å². The van der Waals surface area contributed by atoms with Gasteiger partial charge in [-0.2, -0.15) is 0 Å². The van der Waals surface area contributed by atoms with Gasteiger partial charge in [-0.15, -0.1) is 0 Å². The monoisotopic (exact) mass is 325 g/mol. The lowest BCUT2D eigenvalue weighted by molar-refractivity contribution is 0.701. The molecule has 1 aromatic carbocycles. The summed E-state index contributed by atoms with van der Waals surface area (Å²) in [5.41, 5.74) is 2.24. The molecule has 0 amide bonds. The summed E-state index contributed by atoms with van der Waals surface area (Å²) in [4.78, 5) is 4.22. The Kier molecular flexibility index (Phi) is 3.31. The molecule has 1 fully saturated rings. The largest absolute Gasteiger partial charge is 0.379 e. The van der Waals surface area contributed by atoms with Crippen LogP contribution in [0.2, 0.25) is 5.02 Å². The van der Waals surface area contributed by atoms with Crippen molar-refractivity contribution >= 4 is 33.2 Å². The van der Waals surface area contributed by atoms with Crippen molar-refractivity contribution in [2.75, 3.05) is 5.32 Å². The molecule has 1 aliphatic carbocycles. The fourth-order valence-corrected chi connectivity index (χ4v) is 2.38. The Labute approximate surface area is 119 Å². The molecule has 0 bridgehead atoms. The summed E-state index contributed by atoms with van der Waals surface area (Å²) in [6, 6.07) is 6.54. The molecule has 0 aliphatic heterocycles. The standard InChI is InChI=1S/C13H13BrClN3/c14-12-4-1-9(5-13(12)15)17-7-11-6-16-8-18(11)10-2-3-10/h1,4-6,8,10,17H,2-3,7H2. The van der Waals surface area contributed by atoms with Crippen molar-refractivity contribution in [3.63, 3.8) is 0 Å². The van der Waals surface area contributed by atoms with E-state index in [4.69, 9.17) is 11.6 Å². The first-order valence-electron chi connectivity index (χ1n) is 5.93. The molecule has 1 aliphatic rings. The molecule has 5 heteroatoms. The molecular weight excluding hydrogens is 314 g/mol. The molecule has 1 heterocycles. The van der Waals surface area contributed by atoms with E-state index in [-0.39, 0.29) is 0 Å². The summed E-state index contributed by atoms with van der Waals surface area (Å²) in [6.07, 6.45) is 6.38. The zero-order valence-electron chi connectivity index (χ0n) is 9.74. The van der Waals surface area contributed by atoms with E-state index in [1.165, 1.54) is 18.5 Å². The highest BCUT2D eigenvalue weighted by atomic mass is 79.9. The molecule has 0 spiro atoms. The fraction of sp³-hybridized carbons (Fsp3) is 0.308. The lowest BCUT2D eigenvalue weighted by Crippen LogP contribution is -2.05. The molecule has 1 N–H and O–H groups in total. The average molecular weight is 327 g/mol. The van der Waals surface area contributed by atoms with Crippen LogP contribution in [0, 0.1) is 0 Å². The minimum atomic E-state index is 0.665. The number of nitrogens with zero attached hydrogens (tertiary/aromatic N) is 2. The van der Waals surface area contributed by atoms with Crippen LogP contribution in [-0.2, 0) is 6.54 Å². The fourth-order valence-electron chi connectivity index (χ4n) is 1.95. The zero-order valence-corrected chi connectivity index (χ0v) is 12.1. The molecule has 2 aromatic rings. The first kappa shape index (κ1) is 12.1. The van der Waals surface area contributed by atoms with Crippen molar-refractivity contribution in [3.8, 4) is 0 Å². The quantitative estimate of drug-likeness (QED) is 0.910. The van der Waals surface area contributed by atoms with Crippen LogP contribution in [0.5, 0.6) is 0 Å². The maximum Gasteiger partial charge on any atom is 0.0951 e. The SMILES string of the molecule is Clc1cc(NCc2cncn2C2CC2)ccc1Br. The van der Waals surface area contributed by atoms with Crippen molar-refractivity contribution in [3.05, 3.63) is 45.9 Å². The van der Waals surface area contributed by atoms with Crippen LogP contribution in [0.3, 0.4) is 0 Å². The summed E-state index contributed by atoms with van der Waals surface area (Å²) < 4.78 is 3.17. The minimum absolute atomic E-state index is 0.665. The Balaban J connectivity index is 1.69. The van der Waals surface area contributed by atoms with Crippen molar-refractivity contribution in [1.82, 2.24) is 9.55 Å². The van der Waals surface area contributed by atoms with E-state index in [1.807, 2.05) is 30.7 Å². The van der Waals surface area contributed by atoms with Crippen molar-refractivity contribution in [2.24, 2.45) is 0 Å². The zero-order chi connectivity index (χ0) is 12.5. The maximum atomic E-state index is 6.06. The van der Waals surface area contributed by atoms with Gasteiger partial charge in [-0.3, -0.25) is 0 Å². The number of halogens is 2. The van der Waals surface area contributed by atoms with Crippen molar-refractivity contribution in [1.29, 1.82) is 0 Å². The van der Waals surface area contributed by atoms with Gasteiger partial charge in [0, 0.05) is 22.4 Å². The first-order valence-corrected chi connectivity index (χ1v) is 7.11. The van der Waals surface area contributed by atoms with Gasteiger partial charge in [-0.05, 0) is 47.0 Å². The predicted molar refractivity (Wildman–Crippen MR) is 77.0 cm³/mol. The van der Waals surface area contributed by atoms with Crippen LogP contribution >= 0.6 is 27.5 Å². The van der Waals surface area contributed by atoms with E-state index in [1.54, 1.807) is 0 Å². The normalized spacial score (nSPS) is 14.8. The number of hydrogen-bond donors (Lipinski definition) is 1. The molecule has 3 nitrogen and oxygen atoms in total. The Bertz CT molecular complexity index is 563. The highest BCUT2D eigenvalue weighted by Gasteiger charge is 2.24. The van der Waals surface area contributed by atoms with Crippen LogP contribution in [0.4, 0.5) is 5.69 Å². The Morgan fingerprint density at radius 3 is 3.00 bits per heavy atom. The number of anilines is 1. The van der Waals surface area contributed by atoms with Gasteiger partial charge in [0.1, 0.15) is 0 Å². The molecule has 0 atom stereocenters. The molecule has 1 aromatic heterocycles. The van der Waals surface area contributed by atoms with Crippen LogP contribution in [-0.4, -0.2) is 9.55 Å². The Hall–Kier alpha value is -1.00. The van der Waals surface area contributed by atoms with Gasteiger partial charge in [0.15, 0.2) is 0 Å². The minimum Gasteiger partial charge on any atom is -0.379 e. The third kappa shape index (κ3) is 2.54. The molecule has 94 valence electrons. The molecule has 0 radical (unpaired) electrons. The molecule has 3 rings (SSSR count). The maximum absolute atomic E-state index is 6.06. The number of rotatable bonds is 4. The van der Waals surface area contributed by atoms with Crippen molar-refractivity contribution < 1.29 is 0 Å². The van der Waals surface area contributed by atoms with Gasteiger partial charge in [0.05, 0.1) is 23.6 Å². The van der Waals surface area contributed by atoms with Crippen LogP contribution in [0.25, 0.3) is 0 Å². The lowest BCUT2D eigenvalue weighted by Gasteiger charge is -2.09. The molecular formula is C13H13BrClN3. The molecule has 18 heavy (non-hydrogen) atoms. The number of aromatic nitrogens is 2. The van der Waals surface area contributed by atoms with Crippen molar-refractivity contribution in [2.45, 2.75) is 25.4 Å². The van der Waals surface area contributed by atoms with Crippen LogP contribution in [0.15, 0.2) is 35.2 Å². The number of imidazole rings is 1. The number of nitrogens with one attached hydrogen (secondary N) is 1. The second-order valence-corrected chi connectivity index (χ2v) is 5.77. The number of benzene rings is 1.